The lowest BCUT2D eigenvalue weighted by Crippen LogP contribution is -2.23. The molecular weight excluding hydrogens is 236 g/mol. The predicted octanol–water partition coefficient (Wildman–Crippen LogP) is 4.54. The Bertz CT molecular complexity index is 491. The minimum atomic E-state index is -1.19. The van der Waals surface area contributed by atoms with Crippen LogP contribution in [0.3, 0.4) is 0 Å². The molecule has 0 radical (unpaired) electrons. The van der Waals surface area contributed by atoms with Crippen LogP contribution in [0.25, 0.3) is 0 Å². The van der Waals surface area contributed by atoms with Gasteiger partial charge in [-0.2, -0.15) is 5.11 Å². The number of allylic oxidation sites excluding steroid dienone is 2. The molecule has 0 aromatic heterocycles. The molecule has 1 aliphatic carbocycles. The lowest BCUT2D eigenvalue weighted by Gasteiger charge is -2.20. The molecule has 2 rings (SSSR count). The molecule has 0 fully saturated rings. The van der Waals surface area contributed by atoms with E-state index in [1.165, 1.54) is 18.4 Å². The largest absolute Gasteiger partial charge is 0.364 e. The number of nitrogens with zero attached hydrogens (tertiary/aromatic N) is 2. The zero-order valence-corrected chi connectivity index (χ0v) is 11.3. The zero-order valence-electron chi connectivity index (χ0n) is 11.3. The third-order valence-corrected chi connectivity index (χ3v) is 3.14. The first-order valence-corrected chi connectivity index (χ1v) is 6.80. The van der Waals surface area contributed by atoms with Gasteiger partial charge in [-0.15, -0.1) is 5.11 Å². The van der Waals surface area contributed by atoms with E-state index >= 15 is 0 Å². The second kappa shape index (κ2) is 6.43. The summed E-state index contributed by atoms with van der Waals surface area (Å²) in [6.45, 7) is 2.18. The molecule has 1 aromatic rings. The highest BCUT2D eigenvalue weighted by Crippen LogP contribution is 2.26. The van der Waals surface area contributed by atoms with E-state index in [-0.39, 0.29) is 0 Å². The number of rotatable bonds is 5. The molecule has 1 atom stereocenters. The first-order chi connectivity index (χ1) is 9.22. The second-order valence-electron chi connectivity index (χ2n) is 4.83. The van der Waals surface area contributed by atoms with Crippen molar-refractivity contribution in [1.29, 1.82) is 0 Å². The number of azo groups is 1. The van der Waals surface area contributed by atoms with Gasteiger partial charge in [-0.3, -0.25) is 0 Å². The molecule has 19 heavy (non-hydrogen) atoms. The van der Waals surface area contributed by atoms with Crippen molar-refractivity contribution < 1.29 is 5.11 Å². The van der Waals surface area contributed by atoms with Gasteiger partial charge in [0, 0.05) is 6.42 Å². The summed E-state index contributed by atoms with van der Waals surface area (Å²) in [6.07, 6.45) is 9.69. The van der Waals surface area contributed by atoms with Crippen LogP contribution in [-0.4, -0.2) is 10.8 Å². The molecule has 1 unspecified atom stereocenters. The molecule has 0 saturated heterocycles. The standard InChI is InChI=1S/C16H20N2O/c1-2-3-7-14-10-12-16(19,13-11-14)18-17-15-8-5-4-6-9-15/h4-6,8-12,19H,2-3,7,13H2,1H3. The number of benzene rings is 1. The average molecular weight is 256 g/mol. The third kappa shape index (κ3) is 4.14. The SMILES string of the molecule is CCCCC1=CCC(O)(N=Nc2ccccc2)C=C1. The molecule has 0 spiro atoms. The van der Waals surface area contributed by atoms with Crippen LogP contribution in [0.1, 0.15) is 32.6 Å². The van der Waals surface area contributed by atoms with Crippen molar-refractivity contribution in [2.45, 2.75) is 38.3 Å². The smallest absolute Gasteiger partial charge is 0.199 e. The van der Waals surface area contributed by atoms with Crippen LogP contribution in [0.2, 0.25) is 0 Å². The Morgan fingerprint density at radius 3 is 2.68 bits per heavy atom. The second-order valence-corrected chi connectivity index (χ2v) is 4.83. The summed E-state index contributed by atoms with van der Waals surface area (Å²) in [5.74, 6) is 0. The van der Waals surface area contributed by atoms with Crippen LogP contribution in [-0.2, 0) is 0 Å². The predicted molar refractivity (Wildman–Crippen MR) is 77.3 cm³/mol. The van der Waals surface area contributed by atoms with Crippen LogP contribution >= 0.6 is 0 Å². The number of hydrogen-bond donors (Lipinski definition) is 1. The summed E-state index contributed by atoms with van der Waals surface area (Å²) in [6, 6.07) is 9.45. The molecule has 0 saturated carbocycles. The quantitative estimate of drug-likeness (QED) is 0.772. The Morgan fingerprint density at radius 2 is 2.05 bits per heavy atom. The fourth-order valence-electron chi connectivity index (χ4n) is 1.94. The Labute approximate surface area is 114 Å². The summed E-state index contributed by atoms with van der Waals surface area (Å²) >= 11 is 0. The van der Waals surface area contributed by atoms with Crippen LogP contribution < -0.4 is 0 Å². The van der Waals surface area contributed by atoms with Crippen molar-refractivity contribution in [3.63, 3.8) is 0 Å². The Balaban J connectivity index is 1.97. The van der Waals surface area contributed by atoms with Crippen molar-refractivity contribution in [2.24, 2.45) is 10.2 Å². The average Bonchev–Trinajstić information content (AvgIpc) is 2.46. The number of hydrogen-bond acceptors (Lipinski definition) is 3. The molecule has 0 aliphatic heterocycles. The van der Waals surface area contributed by atoms with Crippen molar-refractivity contribution in [3.8, 4) is 0 Å². The zero-order chi connectivity index (χ0) is 13.6. The summed E-state index contributed by atoms with van der Waals surface area (Å²) in [7, 11) is 0. The highest BCUT2D eigenvalue weighted by atomic mass is 16.3. The molecule has 0 heterocycles. The molecule has 100 valence electrons. The molecule has 3 nitrogen and oxygen atoms in total. The first-order valence-electron chi connectivity index (χ1n) is 6.80. The lowest BCUT2D eigenvalue weighted by molar-refractivity contribution is 0.0950. The third-order valence-electron chi connectivity index (χ3n) is 3.14. The van der Waals surface area contributed by atoms with Gasteiger partial charge in [0.25, 0.3) is 0 Å². The van der Waals surface area contributed by atoms with E-state index in [1.807, 2.05) is 36.4 Å². The van der Waals surface area contributed by atoms with Crippen LogP contribution in [0.5, 0.6) is 0 Å². The van der Waals surface area contributed by atoms with Crippen molar-refractivity contribution >= 4 is 5.69 Å². The van der Waals surface area contributed by atoms with Crippen molar-refractivity contribution in [1.82, 2.24) is 0 Å². The maximum absolute atomic E-state index is 10.3. The summed E-state index contributed by atoms with van der Waals surface area (Å²) in [5.41, 5.74) is 0.845. The van der Waals surface area contributed by atoms with Gasteiger partial charge in [-0.25, -0.2) is 0 Å². The summed E-state index contributed by atoms with van der Waals surface area (Å²) in [4.78, 5) is 0. The van der Waals surface area contributed by atoms with Gasteiger partial charge in [-0.1, -0.05) is 49.3 Å². The maximum Gasteiger partial charge on any atom is 0.199 e. The van der Waals surface area contributed by atoms with E-state index < -0.39 is 5.72 Å². The number of unbranched alkanes of at least 4 members (excludes halogenated alkanes) is 1. The minimum Gasteiger partial charge on any atom is -0.364 e. The van der Waals surface area contributed by atoms with Gasteiger partial charge < -0.3 is 5.11 Å². The monoisotopic (exact) mass is 256 g/mol. The molecular formula is C16H20N2O. The molecule has 3 heteroatoms. The van der Waals surface area contributed by atoms with Gasteiger partial charge >= 0.3 is 0 Å². The minimum absolute atomic E-state index is 0.499. The van der Waals surface area contributed by atoms with Gasteiger partial charge in [0.1, 0.15) is 0 Å². The topological polar surface area (TPSA) is 45.0 Å². The fourth-order valence-corrected chi connectivity index (χ4v) is 1.94. The van der Waals surface area contributed by atoms with Gasteiger partial charge in [0.2, 0.25) is 0 Å². The summed E-state index contributed by atoms with van der Waals surface area (Å²) < 4.78 is 0. The highest BCUT2D eigenvalue weighted by Gasteiger charge is 2.24. The van der Waals surface area contributed by atoms with Crippen LogP contribution in [0, 0.1) is 0 Å². The Hall–Kier alpha value is -1.74. The molecule has 1 aromatic carbocycles. The Kier molecular flexibility index (Phi) is 4.63. The highest BCUT2D eigenvalue weighted by molar-refractivity contribution is 5.35. The van der Waals surface area contributed by atoms with Gasteiger partial charge in [0.05, 0.1) is 5.69 Å². The molecule has 1 N–H and O–H groups in total. The molecule has 1 aliphatic rings. The van der Waals surface area contributed by atoms with E-state index in [1.54, 1.807) is 6.08 Å². The van der Waals surface area contributed by atoms with E-state index in [9.17, 15) is 5.11 Å². The first kappa shape index (κ1) is 13.7. The number of aliphatic hydroxyl groups is 1. The Morgan fingerprint density at radius 1 is 1.26 bits per heavy atom. The van der Waals surface area contributed by atoms with Crippen LogP contribution in [0.15, 0.2) is 64.4 Å². The fraction of sp³-hybridized carbons (Fsp3) is 0.375. The van der Waals surface area contributed by atoms with E-state index in [2.05, 4.69) is 23.2 Å². The maximum atomic E-state index is 10.3. The summed E-state index contributed by atoms with van der Waals surface area (Å²) in [5, 5.41) is 18.4. The molecule has 0 amide bonds. The van der Waals surface area contributed by atoms with Gasteiger partial charge in [-0.05, 0) is 31.1 Å². The van der Waals surface area contributed by atoms with E-state index in [0.29, 0.717) is 6.42 Å². The lowest BCUT2D eigenvalue weighted by atomic mass is 9.97. The van der Waals surface area contributed by atoms with Gasteiger partial charge in [0.15, 0.2) is 5.72 Å². The van der Waals surface area contributed by atoms with Crippen molar-refractivity contribution in [3.05, 3.63) is 54.1 Å². The van der Waals surface area contributed by atoms with E-state index in [4.69, 9.17) is 0 Å². The normalized spacial score (nSPS) is 22.7. The van der Waals surface area contributed by atoms with Crippen LogP contribution in [0.4, 0.5) is 5.69 Å². The van der Waals surface area contributed by atoms with E-state index in [0.717, 1.165) is 12.1 Å². The molecule has 0 bridgehead atoms. The van der Waals surface area contributed by atoms with Crippen molar-refractivity contribution in [2.75, 3.05) is 0 Å².